The van der Waals surface area contributed by atoms with Gasteiger partial charge in [0.25, 0.3) is 0 Å². The molecule has 0 atom stereocenters. The Balaban J connectivity index is 1.79. The standard InChI is InChI=1S/C19H13F3N2O/c20-19(21,22)15-9-6-14(7-10-15)8-11-17(25)18-23-12-13-24(18)16-4-2-1-3-5-16/h1-13H/b11-8+. The highest BCUT2D eigenvalue weighted by Crippen LogP contribution is 2.29. The fourth-order valence-corrected chi connectivity index (χ4v) is 2.31. The average Bonchev–Trinajstić information content (AvgIpc) is 3.10. The molecular formula is C19H13F3N2O. The summed E-state index contributed by atoms with van der Waals surface area (Å²) in [4.78, 5) is 16.4. The topological polar surface area (TPSA) is 34.9 Å². The van der Waals surface area contributed by atoms with Crippen molar-refractivity contribution in [2.24, 2.45) is 0 Å². The summed E-state index contributed by atoms with van der Waals surface area (Å²) in [6.07, 6.45) is 1.58. The molecule has 0 amide bonds. The number of benzene rings is 2. The summed E-state index contributed by atoms with van der Waals surface area (Å²) < 4.78 is 39.3. The van der Waals surface area contributed by atoms with Gasteiger partial charge in [0.1, 0.15) is 0 Å². The van der Waals surface area contributed by atoms with Gasteiger partial charge in [0.05, 0.1) is 5.56 Å². The van der Waals surface area contributed by atoms with E-state index in [0.29, 0.717) is 5.56 Å². The van der Waals surface area contributed by atoms with Crippen LogP contribution in [0.1, 0.15) is 21.7 Å². The number of halogens is 3. The van der Waals surface area contributed by atoms with Gasteiger partial charge in [0.15, 0.2) is 5.82 Å². The highest BCUT2D eigenvalue weighted by atomic mass is 19.4. The Labute approximate surface area is 142 Å². The summed E-state index contributed by atoms with van der Waals surface area (Å²) in [5.74, 6) is -0.108. The van der Waals surface area contributed by atoms with E-state index in [1.807, 2.05) is 30.3 Å². The summed E-state index contributed by atoms with van der Waals surface area (Å²) in [5.41, 5.74) is 0.570. The lowest BCUT2D eigenvalue weighted by Gasteiger charge is -2.06. The molecule has 0 fully saturated rings. The molecule has 3 aromatic rings. The average molecular weight is 342 g/mol. The lowest BCUT2D eigenvalue weighted by Crippen LogP contribution is -2.06. The van der Waals surface area contributed by atoms with Gasteiger partial charge in [-0.05, 0) is 35.9 Å². The van der Waals surface area contributed by atoms with Crippen molar-refractivity contribution in [3.05, 3.63) is 90.0 Å². The number of ketones is 1. The van der Waals surface area contributed by atoms with Crippen molar-refractivity contribution in [3.8, 4) is 5.69 Å². The molecule has 0 aliphatic rings. The Kier molecular flexibility index (Phi) is 4.52. The molecule has 126 valence electrons. The van der Waals surface area contributed by atoms with Crippen LogP contribution in [-0.2, 0) is 6.18 Å². The van der Waals surface area contributed by atoms with E-state index < -0.39 is 11.7 Å². The van der Waals surface area contributed by atoms with Gasteiger partial charge in [0, 0.05) is 18.1 Å². The van der Waals surface area contributed by atoms with E-state index in [4.69, 9.17) is 0 Å². The number of aromatic nitrogens is 2. The second-order valence-electron chi connectivity index (χ2n) is 5.27. The van der Waals surface area contributed by atoms with Crippen LogP contribution < -0.4 is 0 Å². The molecule has 0 bridgehead atoms. The van der Waals surface area contributed by atoms with Crippen molar-refractivity contribution in [1.29, 1.82) is 0 Å². The Morgan fingerprint density at radius 1 is 1.00 bits per heavy atom. The first-order valence-electron chi connectivity index (χ1n) is 7.43. The first-order chi connectivity index (χ1) is 11.9. The number of para-hydroxylation sites is 1. The van der Waals surface area contributed by atoms with Gasteiger partial charge in [-0.1, -0.05) is 36.4 Å². The van der Waals surface area contributed by atoms with E-state index in [-0.39, 0.29) is 11.6 Å². The van der Waals surface area contributed by atoms with E-state index in [1.165, 1.54) is 30.5 Å². The van der Waals surface area contributed by atoms with Crippen LogP contribution in [-0.4, -0.2) is 15.3 Å². The van der Waals surface area contributed by atoms with Crippen molar-refractivity contribution >= 4 is 11.9 Å². The van der Waals surface area contributed by atoms with E-state index in [1.54, 1.807) is 10.8 Å². The molecule has 0 saturated carbocycles. The smallest absolute Gasteiger partial charge is 0.297 e. The van der Waals surface area contributed by atoms with Crippen LogP contribution in [0.15, 0.2) is 73.1 Å². The van der Waals surface area contributed by atoms with Crippen molar-refractivity contribution < 1.29 is 18.0 Å². The summed E-state index contributed by atoms with van der Waals surface area (Å²) in [6, 6.07) is 13.8. The van der Waals surface area contributed by atoms with Gasteiger partial charge in [-0.2, -0.15) is 13.2 Å². The minimum absolute atomic E-state index is 0.231. The van der Waals surface area contributed by atoms with Gasteiger partial charge in [-0.15, -0.1) is 0 Å². The van der Waals surface area contributed by atoms with Crippen LogP contribution in [0.25, 0.3) is 11.8 Å². The molecule has 0 radical (unpaired) electrons. The van der Waals surface area contributed by atoms with Gasteiger partial charge < -0.3 is 0 Å². The fraction of sp³-hybridized carbons (Fsp3) is 0.0526. The van der Waals surface area contributed by atoms with Crippen molar-refractivity contribution in [1.82, 2.24) is 9.55 Å². The third-order valence-electron chi connectivity index (χ3n) is 3.56. The zero-order chi connectivity index (χ0) is 17.9. The highest BCUT2D eigenvalue weighted by Gasteiger charge is 2.29. The number of rotatable bonds is 4. The van der Waals surface area contributed by atoms with Crippen molar-refractivity contribution in [3.63, 3.8) is 0 Å². The second kappa shape index (κ2) is 6.76. The number of carbonyl (C=O) groups is 1. The van der Waals surface area contributed by atoms with Crippen LogP contribution in [0, 0.1) is 0 Å². The molecular weight excluding hydrogens is 329 g/mol. The van der Waals surface area contributed by atoms with Crippen LogP contribution in [0.3, 0.4) is 0 Å². The number of hydrogen-bond donors (Lipinski definition) is 0. The highest BCUT2D eigenvalue weighted by molar-refractivity contribution is 6.04. The molecule has 3 rings (SSSR count). The Morgan fingerprint density at radius 2 is 1.68 bits per heavy atom. The van der Waals surface area contributed by atoms with Crippen LogP contribution in [0.4, 0.5) is 13.2 Å². The van der Waals surface area contributed by atoms with Crippen LogP contribution in [0.2, 0.25) is 0 Å². The van der Waals surface area contributed by atoms with E-state index in [9.17, 15) is 18.0 Å². The molecule has 0 N–H and O–H groups in total. The zero-order valence-corrected chi connectivity index (χ0v) is 12.9. The first-order valence-corrected chi connectivity index (χ1v) is 7.43. The predicted octanol–water partition coefficient (Wildman–Crippen LogP) is 4.79. The Morgan fingerprint density at radius 3 is 2.32 bits per heavy atom. The molecule has 0 aliphatic carbocycles. The van der Waals surface area contributed by atoms with Crippen LogP contribution >= 0.6 is 0 Å². The third kappa shape index (κ3) is 3.85. The number of carbonyl (C=O) groups excluding carboxylic acids is 1. The van der Waals surface area contributed by atoms with E-state index >= 15 is 0 Å². The predicted molar refractivity (Wildman–Crippen MR) is 88.4 cm³/mol. The molecule has 3 nitrogen and oxygen atoms in total. The van der Waals surface area contributed by atoms with Gasteiger partial charge in [-0.25, -0.2) is 4.98 Å². The van der Waals surface area contributed by atoms with Gasteiger partial charge >= 0.3 is 6.18 Å². The van der Waals surface area contributed by atoms with E-state index in [2.05, 4.69) is 4.98 Å². The molecule has 0 saturated heterocycles. The largest absolute Gasteiger partial charge is 0.416 e. The maximum atomic E-state index is 12.5. The quantitative estimate of drug-likeness (QED) is 0.505. The van der Waals surface area contributed by atoms with Crippen LogP contribution in [0.5, 0.6) is 0 Å². The number of imidazole rings is 1. The first kappa shape index (κ1) is 16.7. The minimum atomic E-state index is -4.38. The molecule has 0 spiro atoms. The van der Waals surface area contributed by atoms with Crippen molar-refractivity contribution in [2.75, 3.05) is 0 Å². The summed E-state index contributed by atoms with van der Waals surface area (Å²) >= 11 is 0. The second-order valence-corrected chi connectivity index (χ2v) is 5.27. The van der Waals surface area contributed by atoms with Crippen molar-refractivity contribution in [2.45, 2.75) is 6.18 Å². The number of allylic oxidation sites excluding steroid dienone is 1. The maximum absolute atomic E-state index is 12.5. The molecule has 0 aliphatic heterocycles. The molecule has 6 heteroatoms. The third-order valence-corrected chi connectivity index (χ3v) is 3.56. The maximum Gasteiger partial charge on any atom is 0.416 e. The number of hydrogen-bond acceptors (Lipinski definition) is 2. The normalized spacial score (nSPS) is 11.8. The lowest BCUT2D eigenvalue weighted by molar-refractivity contribution is -0.137. The molecule has 25 heavy (non-hydrogen) atoms. The summed E-state index contributed by atoms with van der Waals surface area (Å²) in [6.45, 7) is 0. The van der Waals surface area contributed by atoms with E-state index in [0.717, 1.165) is 17.8 Å². The Hall–Kier alpha value is -3.15. The molecule has 1 heterocycles. The SMILES string of the molecule is O=C(/C=C/c1ccc(C(F)(F)F)cc1)c1nccn1-c1ccccc1. The summed E-state index contributed by atoms with van der Waals surface area (Å²) in [5, 5.41) is 0. The summed E-state index contributed by atoms with van der Waals surface area (Å²) in [7, 11) is 0. The molecule has 2 aromatic carbocycles. The minimum Gasteiger partial charge on any atom is -0.297 e. The zero-order valence-electron chi connectivity index (χ0n) is 12.9. The number of alkyl halides is 3. The monoisotopic (exact) mass is 342 g/mol. The lowest BCUT2D eigenvalue weighted by atomic mass is 10.1. The van der Waals surface area contributed by atoms with Gasteiger partial charge in [0.2, 0.25) is 5.78 Å². The number of nitrogens with zero attached hydrogens (tertiary/aromatic N) is 2. The van der Waals surface area contributed by atoms with Gasteiger partial charge in [-0.3, -0.25) is 9.36 Å². The molecule has 1 aromatic heterocycles. The molecule has 0 unspecified atom stereocenters. The Bertz CT molecular complexity index is 894. The fourth-order valence-electron chi connectivity index (χ4n) is 2.31.